The topological polar surface area (TPSA) is 53.8 Å². The van der Waals surface area contributed by atoms with Crippen LogP contribution in [-0.4, -0.2) is 20.1 Å². The van der Waals surface area contributed by atoms with E-state index < -0.39 is 0 Å². The van der Waals surface area contributed by atoms with Gasteiger partial charge in [-0.15, -0.1) is 0 Å². The van der Waals surface area contributed by atoms with Gasteiger partial charge in [0.25, 0.3) is 0 Å². The Morgan fingerprint density at radius 2 is 2.05 bits per heavy atom. The van der Waals surface area contributed by atoms with E-state index in [4.69, 9.17) is 4.99 Å². The Labute approximate surface area is 133 Å². The zero-order valence-electron chi connectivity index (χ0n) is 13.5. The minimum atomic E-state index is -0.277. The molecule has 4 heteroatoms. The van der Waals surface area contributed by atoms with E-state index in [0.717, 1.165) is 42.8 Å². The molecule has 4 nitrogen and oxygen atoms in total. The predicted molar refractivity (Wildman–Crippen MR) is 90.5 cm³/mol. The van der Waals surface area contributed by atoms with E-state index in [1.54, 1.807) is 0 Å². The predicted octanol–water partition coefficient (Wildman–Crippen LogP) is 3.58. The third-order valence-electron chi connectivity index (χ3n) is 4.40. The molecular weight excluding hydrogens is 274 g/mol. The highest BCUT2D eigenvalue weighted by Crippen LogP contribution is 2.24. The number of nitrogens with one attached hydrogen (secondary N) is 1. The molecule has 1 fully saturated rings. The summed E-state index contributed by atoms with van der Waals surface area (Å²) in [5, 5.41) is 7.39. The molecule has 120 valence electrons. The van der Waals surface area contributed by atoms with Crippen LogP contribution >= 0.6 is 0 Å². The molecule has 1 aliphatic rings. The summed E-state index contributed by atoms with van der Waals surface area (Å²) in [5.41, 5.74) is 0.973. The number of rotatable bonds is 8. The van der Waals surface area contributed by atoms with Crippen LogP contribution < -0.4 is 10.7 Å². The van der Waals surface area contributed by atoms with Crippen LogP contribution in [0.2, 0.25) is 0 Å². The Morgan fingerprint density at radius 3 is 2.77 bits per heavy atom. The Balaban J connectivity index is 2.10. The van der Waals surface area contributed by atoms with Gasteiger partial charge in [-0.2, -0.15) is 4.91 Å². The van der Waals surface area contributed by atoms with E-state index in [2.05, 4.69) is 10.5 Å². The van der Waals surface area contributed by atoms with Gasteiger partial charge in [-0.3, -0.25) is 4.99 Å². The van der Waals surface area contributed by atoms with Crippen LogP contribution in [0.5, 0.6) is 0 Å². The fraction of sp³-hybridized carbons (Fsp3) is 0.611. The molecule has 1 saturated carbocycles. The lowest BCUT2D eigenvalue weighted by molar-refractivity contribution is 0.557. The zero-order valence-corrected chi connectivity index (χ0v) is 13.5. The van der Waals surface area contributed by atoms with Crippen LogP contribution in [0.4, 0.5) is 0 Å². The van der Waals surface area contributed by atoms with Crippen LogP contribution in [-0.2, 0) is 0 Å². The molecule has 0 aromatic heterocycles. The van der Waals surface area contributed by atoms with Crippen molar-refractivity contribution >= 4 is 0 Å². The average Bonchev–Trinajstić information content (AvgIpc) is 2.95. The maximum atomic E-state index is 11.2. The number of nitrogens with zero attached hydrogens (tertiary/aromatic N) is 2. The van der Waals surface area contributed by atoms with E-state index in [-0.39, 0.29) is 6.04 Å². The van der Waals surface area contributed by atoms with Gasteiger partial charge in [0.15, 0.2) is 0 Å². The van der Waals surface area contributed by atoms with Crippen molar-refractivity contribution in [2.75, 3.05) is 20.1 Å². The molecule has 1 N–H and O–H groups in total. The number of hydrogen-bond acceptors (Lipinski definition) is 4. The normalized spacial score (nSPS) is 17.6. The number of hydrogen-bond donors (Lipinski definition) is 1. The second kappa shape index (κ2) is 9.46. The summed E-state index contributed by atoms with van der Waals surface area (Å²) in [4.78, 5) is 15.9. The molecule has 2 rings (SSSR count). The van der Waals surface area contributed by atoms with Crippen molar-refractivity contribution in [1.29, 1.82) is 0 Å². The van der Waals surface area contributed by atoms with E-state index in [1.807, 2.05) is 37.4 Å². The highest BCUT2D eigenvalue weighted by atomic mass is 16.3. The molecule has 0 amide bonds. The highest BCUT2D eigenvalue weighted by molar-refractivity contribution is 5.18. The van der Waals surface area contributed by atoms with Crippen molar-refractivity contribution in [1.82, 2.24) is 5.32 Å². The van der Waals surface area contributed by atoms with Gasteiger partial charge in [-0.05, 0) is 62.9 Å². The molecule has 1 unspecified atom stereocenters. The van der Waals surface area contributed by atoms with Crippen molar-refractivity contribution in [2.24, 2.45) is 16.1 Å². The Morgan fingerprint density at radius 1 is 1.27 bits per heavy atom. The molecule has 0 spiro atoms. The van der Waals surface area contributed by atoms with Gasteiger partial charge in [0.1, 0.15) is 6.04 Å². The zero-order chi connectivity index (χ0) is 15.6. The third-order valence-corrected chi connectivity index (χ3v) is 4.40. The maximum Gasteiger partial charge on any atom is 0.117 e. The Bertz CT molecular complexity index is 524. The van der Waals surface area contributed by atoms with Crippen LogP contribution in [0.1, 0.15) is 50.1 Å². The summed E-state index contributed by atoms with van der Waals surface area (Å²) < 4.78 is 0. The smallest absolute Gasteiger partial charge is 0.117 e. The van der Waals surface area contributed by atoms with Crippen molar-refractivity contribution in [3.63, 3.8) is 0 Å². The number of nitroso groups, excluding NO2 is 1. The first kappa shape index (κ1) is 16.8. The first-order chi connectivity index (χ1) is 10.8. The Hall–Kier alpha value is -1.55. The van der Waals surface area contributed by atoms with Gasteiger partial charge in [-0.1, -0.05) is 36.2 Å². The summed E-state index contributed by atoms with van der Waals surface area (Å²) in [6.45, 7) is 1.81. The lowest BCUT2D eigenvalue weighted by Crippen LogP contribution is -2.09. The van der Waals surface area contributed by atoms with Crippen LogP contribution in [0.15, 0.2) is 40.5 Å². The van der Waals surface area contributed by atoms with Gasteiger partial charge in [0, 0.05) is 6.54 Å². The molecule has 0 radical (unpaired) electrons. The summed E-state index contributed by atoms with van der Waals surface area (Å²) in [6.07, 6.45) is 7.01. The summed E-state index contributed by atoms with van der Waals surface area (Å²) in [5.74, 6) is 0.740. The van der Waals surface area contributed by atoms with Crippen LogP contribution in [0.25, 0.3) is 0 Å². The molecule has 22 heavy (non-hydrogen) atoms. The molecule has 1 aromatic carbocycles. The molecular formula is C18H27N3O. The highest BCUT2D eigenvalue weighted by Gasteiger charge is 2.14. The lowest BCUT2D eigenvalue weighted by Gasteiger charge is -2.07. The monoisotopic (exact) mass is 301 g/mol. The Kier molecular flexibility index (Phi) is 7.23. The molecule has 0 aliphatic heterocycles. The third kappa shape index (κ3) is 5.34. The quantitative estimate of drug-likeness (QED) is 0.589. The van der Waals surface area contributed by atoms with E-state index in [0.29, 0.717) is 0 Å². The molecule has 1 atom stereocenters. The first-order valence-electron chi connectivity index (χ1n) is 8.41. The second-order valence-corrected chi connectivity index (χ2v) is 6.15. The minimum Gasteiger partial charge on any atom is -0.320 e. The molecule has 1 aliphatic carbocycles. The SMILES string of the molecule is CNCCCC(N=O)c1ccccc(=NCC2CCCC2)c1. The lowest BCUT2D eigenvalue weighted by atomic mass is 10.0. The van der Waals surface area contributed by atoms with Crippen molar-refractivity contribution in [2.45, 2.75) is 44.6 Å². The standard InChI is InChI=1S/C18H27N3O/c1-19-12-6-11-18(21-22)16-9-4-5-10-17(13-16)20-14-15-7-2-3-8-15/h4-5,9-10,13,15,18-19H,2-3,6-8,11-12,14H2,1H3. The van der Waals surface area contributed by atoms with Crippen molar-refractivity contribution in [3.05, 3.63) is 46.2 Å². The molecule has 1 aromatic rings. The fourth-order valence-corrected chi connectivity index (χ4v) is 3.07. The largest absolute Gasteiger partial charge is 0.320 e. The first-order valence-corrected chi connectivity index (χ1v) is 8.41. The maximum absolute atomic E-state index is 11.2. The summed E-state index contributed by atoms with van der Waals surface area (Å²) in [7, 11) is 1.92. The van der Waals surface area contributed by atoms with E-state index >= 15 is 0 Å². The summed E-state index contributed by atoms with van der Waals surface area (Å²) >= 11 is 0. The van der Waals surface area contributed by atoms with Gasteiger partial charge in [-0.25, -0.2) is 0 Å². The van der Waals surface area contributed by atoms with Crippen LogP contribution in [0.3, 0.4) is 0 Å². The van der Waals surface area contributed by atoms with Crippen molar-refractivity contribution < 1.29 is 0 Å². The summed E-state index contributed by atoms with van der Waals surface area (Å²) in [6, 6.07) is 9.72. The van der Waals surface area contributed by atoms with Gasteiger partial charge in [0.2, 0.25) is 0 Å². The van der Waals surface area contributed by atoms with E-state index in [1.165, 1.54) is 25.7 Å². The van der Waals surface area contributed by atoms with Gasteiger partial charge in [0.05, 0.1) is 5.36 Å². The molecule has 0 heterocycles. The molecule has 0 bridgehead atoms. The fourth-order valence-electron chi connectivity index (χ4n) is 3.07. The van der Waals surface area contributed by atoms with Gasteiger partial charge < -0.3 is 5.32 Å². The average molecular weight is 301 g/mol. The second-order valence-electron chi connectivity index (χ2n) is 6.15. The van der Waals surface area contributed by atoms with Crippen LogP contribution in [0, 0.1) is 10.8 Å². The minimum absolute atomic E-state index is 0.277. The van der Waals surface area contributed by atoms with Crippen molar-refractivity contribution in [3.8, 4) is 0 Å². The molecule has 0 saturated heterocycles. The van der Waals surface area contributed by atoms with E-state index in [9.17, 15) is 4.91 Å². The van der Waals surface area contributed by atoms with Gasteiger partial charge >= 0.3 is 0 Å².